The van der Waals surface area contributed by atoms with Crippen molar-refractivity contribution >= 4 is 17.9 Å². The van der Waals surface area contributed by atoms with Gasteiger partial charge < -0.3 is 14.6 Å². The van der Waals surface area contributed by atoms with Gasteiger partial charge in [0.15, 0.2) is 6.61 Å². The normalized spacial score (nSPS) is 13.7. The third-order valence-electron chi connectivity index (χ3n) is 4.43. The maximum Gasteiger partial charge on any atom is 0.340 e. The van der Waals surface area contributed by atoms with Crippen molar-refractivity contribution in [2.75, 3.05) is 19.7 Å². The van der Waals surface area contributed by atoms with Gasteiger partial charge in [-0.2, -0.15) is 0 Å². The van der Waals surface area contributed by atoms with Crippen molar-refractivity contribution in [2.24, 2.45) is 0 Å². The molecule has 0 unspecified atom stereocenters. The first-order chi connectivity index (χ1) is 12.4. The number of amides is 3. The molecule has 1 aromatic heterocycles. The van der Waals surface area contributed by atoms with E-state index in [4.69, 9.17) is 4.74 Å². The molecule has 0 bridgehead atoms. The van der Waals surface area contributed by atoms with Gasteiger partial charge in [-0.25, -0.2) is 9.59 Å². The Kier molecular flexibility index (Phi) is 4.79. The van der Waals surface area contributed by atoms with E-state index in [0.29, 0.717) is 12.1 Å². The van der Waals surface area contributed by atoms with Crippen LogP contribution in [0.15, 0.2) is 30.3 Å². The summed E-state index contributed by atoms with van der Waals surface area (Å²) in [6.07, 6.45) is 0. The lowest BCUT2D eigenvalue weighted by atomic mass is 10.2. The molecule has 26 heavy (non-hydrogen) atoms. The van der Waals surface area contributed by atoms with E-state index in [1.165, 1.54) is 0 Å². The van der Waals surface area contributed by atoms with E-state index < -0.39 is 24.5 Å². The first-order valence-electron chi connectivity index (χ1n) is 8.40. The van der Waals surface area contributed by atoms with E-state index in [1.54, 1.807) is 6.07 Å². The number of benzene rings is 1. The zero-order valence-electron chi connectivity index (χ0n) is 15.0. The van der Waals surface area contributed by atoms with Crippen molar-refractivity contribution in [3.05, 3.63) is 52.8 Å². The van der Waals surface area contributed by atoms with E-state index in [9.17, 15) is 14.4 Å². The van der Waals surface area contributed by atoms with Crippen LogP contribution in [0, 0.1) is 20.8 Å². The molecule has 3 rings (SSSR count). The number of carbonyl (C=O) groups excluding carboxylic acids is 3. The molecule has 1 N–H and O–H groups in total. The number of esters is 1. The van der Waals surface area contributed by atoms with Gasteiger partial charge in [-0.05, 0) is 39.0 Å². The molecule has 0 atom stereocenters. The van der Waals surface area contributed by atoms with Crippen LogP contribution in [0.2, 0.25) is 0 Å². The zero-order valence-corrected chi connectivity index (χ0v) is 15.0. The van der Waals surface area contributed by atoms with Crippen LogP contribution in [-0.4, -0.2) is 47.1 Å². The molecule has 7 nitrogen and oxygen atoms in total. The molecule has 1 aliphatic heterocycles. The number of carbonyl (C=O) groups is 3. The fourth-order valence-electron chi connectivity index (χ4n) is 3.05. The monoisotopic (exact) mass is 355 g/mol. The summed E-state index contributed by atoms with van der Waals surface area (Å²) in [7, 11) is 0. The van der Waals surface area contributed by atoms with Crippen LogP contribution in [0.3, 0.4) is 0 Å². The van der Waals surface area contributed by atoms with E-state index in [1.807, 2.05) is 49.6 Å². The summed E-state index contributed by atoms with van der Waals surface area (Å²) in [5.41, 5.74) is 4.14. The third-order valence-corrected chi connectivity index (χ3v) is 4.43. The molecule has 2 aromatic rings. The Morgan fingerprint density at radius 3 is 2.46 bits per heavy atom. The summed E-state index contributed by atoms with van der Waals surface area (Å²) in [4.78, 5) is 36.9. The molecule has 1 aliphatic rings. The highest BCUT2D eigenvalue weighted by Crippen LogP contribution is 2.22. The Morgan fingerprint density at radius 2 is 1.85 bits per heavy atom. The summed E-state index contributed by atoms with van der Waals surface area (Å²) in [6, 6.07) is 9.27. The number of nitrogens with one attached hydrogen (secondary N) is 1. The fourth-order valence-corrected chi connectivity index (χ4v) is 3.05. The highest BCUT2D eigenvalue weighted by molar-refractivity contribution is 5.98. The summed E-state index contributed by atoms with van der Waals surface area (Å²) in [5.74, 6) is -1.11. The average molecular weight is 355 g/mol. The maximum atomic E-state index is 12.4. The van der Waals surface area contributed by atoms with Crippen LogP contribution in [0.4, 0.5) is 4.79 Å². The van der Waals surface area contributed by atoms with Gasteiger partial charge in [-0.3, -0.25) is 9.69 Å². The summed E-state index contributed by atoms with van der Waals surface area (Å²) in [5, 5.41) is 2.53. The predicted molar refractivity (Wildman–Crippen MR) is 95.4 cm³/mol. The van der Waals surface area contributed by atoms with Crippen LogP contribution in [0.5, 0.6) is 0 Å². The van der Waals surface area contributed by atoms with E-state index in [-0.39, 0.29) is 6.54 Å². The molecule has 0 spiro atoms. The Morgan fingerprint density at radius 1 is 1.15 bits per heavy atom. The largest absolute Gasteiger partial charge is 0.452 e. The Hall–Kier alpha value is -3.09. The van der Waals surface area contributed by atoms with Crippen molar-refractivity contribution in [2.45, 2.75) is 20.8 Å². The smallest absolute Gasteiger partial charge is 0.340 e. The van der Waals surface area contributed by atoms with Crippen molar-refractivity contribution in [1.82, 2.24) is 14.8 Å². The fraction of sp³-hybridized carbons (Fsp3) is 0.316. The SMILES string of the molecule is Cc1ccc(-n2c(C)cc(C(=O)OCC(=O)N3CCNC3=O)c2C)cc1. The van der Waals surface area contributed by atoms with Crippen LogP contribution >= 0.6 is 0 Å². The molecule has 1 saturated heterocycles. The highest BCUT2D eigenvalue weighted by Gasteiger charge is 2.27. The summed E-state index contributed by atoms with van der Waals surface area (Å²) < 4.78 is 7.10. The van der Waals surface area contributed by atoms with Gasteiger partial charge in [0.1, 0.15) is 0 Å². The van der Waals surface area contributed by atoms with Crippen LogP contribution < -0.4 is 5.32 Å². The molecule has 136 valence electrons. The number of urea groups is 1. The number of aryl methyl sites for hydroxylation is 2. The maximum absolute atomic E-state index is 12.4. The minimum Gasteiger partial charge on any atom is -0.452 e. The first kappa shape index (κ1) is 17.7. The van der Waals surface area contributed by atoms with Crippen molar-refractivity contribution in [3.8, 4) is 5.69 Å². The van der Waals surface area contributed by atoms with Gasteiger partial charge in [0.2, 0.25) is 0 Å². The van der Waals surface area contributed by atoms with Gasteiger partial charge in [0, 0.05) is 30.2 Å². The third kappa shape index (κ3) is 3.33. The number of rotatable bonds is 4. The Labute approximate surface area is 151 Å². The zero-order chi connectivity index (χ0) is 18.8. The van der Waals surface area contributed by atoms with Crippen LogP contribution in [-0.2, 0) is 9.53 Å². The number of ether oxygens (including phenoxy) is 1. The second-order valence-corrected chi connectivity index (χ2v) is 6.31. The molecule has 1 aromatic carbocycles. The number of aromatic nitrogens is 1. The summed E-state index contributed by atoms with van der Waals surface area (Å²) in [6.45, 7) is 6.00. The molecular formula is C19H21N3O4. The lowest BCUT2D eigenvalue weighted by molar-refractivity contribution is -0.130. The number of nitrogens with zero attached hydrogens (tertiary/aromatic N) is 2. The molecule has 0 radical (unpaired) electrons. The molecule has 2 heterocycles. The van der Waals surface area contributed by atoms with Crippen molar-refractivity contribution < 1.29 is 19.1 Å². The standard InChI is InChI=1S/C19H21N3O4/c1-12-4-6-15(7-5-12)22-13(2)10-16(14(22)3)18(24)26-11-17(23)21-9-8-20-19(21)25/h4-7,10H,8-9,11H2,1-3H3,(H,20,25). The average Bonchev–Trinajstić information content (AvgIpc) is 3.17. The van der Waals surface area contributed by atoms with Gasteiger partial charge >= 0.3 is 12.0 Å². The molecular weight excluding hydrogens is 334 g/mol. The minimum atomic E-state index is -0.579. The summed E-state index contributed by atoms with van der Waals surface area (Å²) >= 11 is 0. The topological polar surface area (TPSA) is 80.6 Å². The molecule has 0 saturated carbocycles. The van der Waals surface area contributed by atoms with E-state index in [0.717, 1.165) is 27.5 Å². The van der Waals surface area contributed by atoms with E-state index >= 15 is 0 Å². The van der Waals surface area contributed by atoms with Crippen molar-refractivity contribution in [1.29, 1.82) is 0 Å². The minimum absolute atomic E-state index is 0.289. The van der Waals surface area contributed by atoms with Gasteiger partial charge in [-0.1, -0.05) is 17.7 Å². The number of hydrogen-bond acceptors (Lipinski definition) is 4. The Bertz CT molecular complexity index is 868. The molecule has 7 heteroatoms. The van der Waals surface area contributed by atoms with Gasteiger partial charge in [-0.15, -0.1) is 0 Å². The van der Waals surface area contributed by atoms with Crippen LogP contribution in [0.25, 0.3) is 5.69 Å². The van der Waals surface area contributed by atoms with Crippen molar-refractivity contribution in [3.63, 3.8) is 0 Å². The first-order valence-corrected chi connectivity index (χ1v) is 8.40. The lowest BCUT2D eigenvalue weighted by Crippen LogP contribution is -2.37. The second-order valence-electron chi connectivity index (χ2n) is 6.31. The lowest BCUT2D eigenvalue weighted by Gasteiger charge is -2.12. The Balaban J connectivity index is 1.74. The van der Waals surface area contributed by atoms with Gasteiger partial charge in [0.05, 0.1) is 5.56 Å². The van der Waals surface area contributed by atoms with E-state index in [2.05, 4.69) is 5.32 Å². The molecule has 1 fully saturated rings. The van der Waals surface area contributed by atoms with Crippen LogP contribution in [0.1, 0.15) is 27.3 Å². The second kappa shape index (κ2) is 7.03. The molecule has 3 amide bonds. The number of hydrogen-bond donors (Lipinski definition) is 1. The van der Waals surface area contributed by atoms with Gasteiger partial charge in [0.25, 0.3) is 5.91 Å². The number of imide groups is 1. The molecule has 0 aliphatic carbocycles. The highest BCUT2D eigenvalue weighted by atomic mass is 16.5. The quantitative estimate of drug-likeness (QED) is 0.852. The predicted octanol–water partition coefficient (Wildman–Crippen LogP) is 2.11.